The van der Waals surface area contributed by atoms with Gasteiger partial charge in [-0.25, -0.2) is 0 Å². The van der Waals surface area contributed by atoms with E-state index < -0.39 is 83.7 Å². The number of rotatable bonds is 6. The van der Waals surface area contributed by atoms with Crippen molar-refractivity contribution in [2.75, 3.05) is 7.11 Å². The van der Waals surface area contributed by atoms with Gasteiger partial charge >= 0.3 is 0 Å². The van der Waals surface area contributed by atoms with Crippen LogP contribution in [0.5, 0.6) is 28.7 Å². The minimum atomic E-state index is -1.79. The fourth-order valence-corrected chi connectivity index (χ4v) is 4.93. The predicted octanol–water partition coefficient (Wildman–Crippen LogP) is -0.708. The van der Waals surface area contributed by atoms with E-state index in [-0.39, 0.29) is 34.2 Å². The number of fused-ring (bicyclic) bond motifs is 1. The van der Waals surface area contributed by atoms with Crippen molar-refractivity contribution < 1.29 is 69.0 Å². The number of aliphatic hydroxyl groups excluding tert-OH is 6. The van der Waals surface area contributed by atoms with Gasteiger partial charge in [-0.3, -0.25) is 4.79 Å². The zero-order chi connectivity index (χ0) is 31.3. The second-order valence-electron chi connectivity index (χ2n) is 10.4. The van der Waals surface area contributed by atoms with Gasteiger partial charge in [0.2, 0.25) is 23.8 Å². The summed E-state index contributed by atoms with van der Waals surface area (Å²) in [5.74, 6) is -1.89. The lowest BCUT2D eigenvalue weighted by molar-refractivity contribution is -0.268. The Kier molecular flexibility index (Phi) is 8.43. The SMILES string of the molecule is COc1ccc(-c2oc3cc(OC4OC(C)C(O)C(O)C4O)cc(O)c3c(=O)c2OC2OC(C)C(O)C(O)C2O)cc1O. The highest BCUT2D eigenvalue weighted by Crippen LogP contribution is 2.40. The lowest BCUT2D eigenvalue weighted by atomic mass is 10.00. The van der Waals surface area contributed by atoms with E-state index in [2.05, 4.69) is 0 Å². The molecule has 10 atom stereocenters. The fraction of sp³-hybridized carbons (Fsp3) is 0.464. The molecule has 10 unspecified atom stereocenters. The molecule has 8 N–H and O–H groups in total. The second kappa shape index (κ2) is 11.8. The first-order valence-corrected chi connectivity index (χ1v) is 13.3. The van der Waals surface area contributed by atoms with Crippen LogP contribution in [-0.2, 0) is 9.47 Å². The molecule has 15 nitrogen and oxygen atoms in total. The molecule has 0 amide bonds. The van der Waals surface area contributed by atoms with Crippen molar-refractivity contribution in [1.82, 2.24) is 0 Å². The van der Waals surface area contributed by atoms with Crippen LogP contribution in [0.1, 0.15) is 13.8 Å². The number of ether oxygens (including phenoxy) is 5. The molecule has 2 saturated heterocycles. The summed E-state index contributed by atoms with van der Waals surface area (Å²) >= 11 is 0. The van der Waals surface area contributed by atoms with Gasteiger partial charge in [0.1, 0.15) is 59.1 Å². The van der Waals surface area contributed by atoms with Crippen molar-refractivity contribution in [1.29, 1.82) is 0 Å². The van der Waals surface area contributed by atoms with E-state index in [0.717, 1.165) is 6.07 Å². The number of phenols is 2. The zero-order valence-corrected chi connectivity index (χ0v) is 23.1. The highest BCUT2D eigenvalue weighted by molar-refractivity contribution is 5.88. The molecule has 5 rings (SSSR count). The van der Waals surface area contributed by atoms with E-state index in [9.17, 15) is 45.6 Å². The number of hydrogen-bond donors (Lipinski definition) is 8. The van der Waals surface area contributed by atoms with Crippen molar-refractivity contribution in [2.45, 2.75) is 75.3 Å². The Morgan fingerprint density at radius 3 is 1.86 bits per heavy atom. The number of benzene rings is 2. The van der Waals surface area contributed by atoms with Crippen LogP contribution in [0.3, 0.4) is 0 Å². The van der Waals surface area contributed by atoms with Crippen LogP contribution < -0.4 is 19.6 Å². The van der Waals surface area contributed by atoms with Gasteiger partial charge in [0.25, 0.3) is 0 Å². The van der Waals surface area contributed by atoms with Gasteiger partial charge < -0.3 is 69.0 Å². The van der Waals surface area contributed by atoms with Crippen LogP contribution in [0.25, 0.3) is 22.3 Å². The summed E-state index contributed by atoms with van der Waals surface area (Å²) in [5, 5.41) is 82.0. The highest BCUT2D eigenvalue weighted by atomic mass is 16.7. The molecule has 2 aliphatic heterocycles. The quantitative estimate of drug-likeness (QED) is 0.173. The summed E-state index contributed by atoms with van der Waals surface area (Å²) in [6, 6.07) is 6.23. The largest absolute Gasteiger partial charge is 0.507 e. The molecule has 3 aromatic rings. The van der Waals surface area contributed by atoms with Crippen LogP contribution in [0.2, 0.25) is 0 Å². The minimum absolute atomic E-state index is 0.0917. The molecule has 2 aromatic carbocycles. The van der Waals surface area contributed by atoms with Crippen LogP contribution in [-0.4, -0.2) is 109 Å². The Hall–Kier alpha value is -3.67. The van der Waals surface area contributed by atoms with Gasteiger partial charge in [0.05, 0.1) is 19.3 Å². The first-order chi connectivity index (χ1) is 20.3. The highest BCUT2D eigenvalue weighted by Gasteiger charge is 2.45. The number of aliphatic hydroxyl groups is 6. The summed E-state index contributed by atoms with van der Waals surface area (Å²) < 4.78 is 33.3. The Morgan fingerprint density at radius 1 is 0.721 bits per heavy atom. The third-order valence-corrected chi connectivity index (χ3v) is 7.45. The van der Waals surface area contributed by atoms with Crippen molar-refractivity contribution in [3.63, 3.8) is 0 Å². The van der Waals surface area contributed by atoms with Gasteiger partial charge in [0.15, 0.2) is 17.3 Å². The number of methoxy groups -OCH3 is 1. The summed E-state index contributed by atoms with van der Waals surface area (Å²) in [7, 11) is 1.33. The van der Waals surface area contributed by atoms with E-state index in [0.29, 0.717) is 0 Å². The third kappa shape index (κ3) is 5.57. The first-order valence-electron chi connectivity index (χ1n) is 13.3. The number of phenolic OH excluding ortho intramolecular Hbond substituents is 2. The molecular weight excluding hydrogens is 576 g/mol. The molecule has 0 aliphatic carbocycles. The Bertz CT molecular complexity index is 1540. The Morgan fingerprint density at radius 2 is 1.30 bits per heavy atom. The monoisotopic (exact) mass is 608 g/mol. The first kappa shape index (κ1) is 30.8. The van der Waals surface area contributed by atoms with Gasteiger partial charge in [-0.1, -0.05) is 0 Å². The molecule has 234 valence electrons. The maximum absolute atomic E-state index is 13.8. The molecule has 0 spiro atoms. The van der Waals surface area contributed by atoms with Crippen LogP contribution in [0.4, 0.5) is 0 Å². The summed E-state index contributed by atoms with van der Waals surface area (Å²) in [5.41, 5.74) is -1.10. The van der Waals surface area contributed by atoms with E-state index in [4.69, 9.17) is 28.1 Å². The van der Waals surface area contributed by atoms with Gasteiger partial charge in [-0.05, 0) is 32.0 Å². The molecule has 0 saturated carbocycles. The molecule has 2 fully saturated rings. The topological polar surface area (TPSA) is 238 Å². The predicted molar refractivity (Wildman–Crippen MR) is 144 cm³/mol. The van der Waals surface area contributed by atoms with Gasteiger partial charge in [-0.2, -0.15) is 0 Å². The average molecular weight is 609 g/mol. The fourth-order valence-electron chi connectivity index (χ4n) is 4.93. The van der Waals surface area contributed by atoms with E-state index in [1.54, 1.807) is 0 Å². The van der Waals surface area contributed by atoms with Gasteiger partial charge in [-0.15, -0.1) is 0 Å². The Balaban J connectivity index is 1.61. The third-order valence-electron chi connectivity index (χ3n) is 7.45. The molecule has 0 bridgehead atoms. The summed E-state index contributed by atoms with van der Waals surface area (Å²) in [6.45, 7) is 2.88. The van der Waals surface area contributed by atoms with Crippen molar-refractivity contribution in [2.24, 2.45) is 0 Å². The number of hydrogen-bond acceptors (Lipinski definition) is 15. The smallest absolute Gasteiger partial charge is 0.239 e. The van der Waals surface area contributed by atoms with Crippen LogP contribution in [0, 0.1) is 0 Å². The molecule has 43 heavy (non-hydrogen) atoms. The standard InChI is InChI=1S/C28H32O15/c1-9-18(31)21(34)23(36)27(39-9)41-12-7-14(30)17-16(8-12)42-25(11-4-5-15(38-3)13(29)6-11)26(20(17)33)43-28-24(37)22(35)19(32)10(2)40-28/h4-10,18-19,21-24,27-32,34-37H,1-3H3. The van der Waals surface area contributed by atoms with Crippen molar-refractivity contribution in [3.8, 4) is 40.1 Å². The van der Waals surface area contributed by atoms with E-state index >= 15 is 0 Å². The zero-order valence-electron chi connectivity index (χ0n) is 23.1. The summed E-state index contributed by atoms with van der Waals surface area (Å²) in [4.78, 5) is 13.8. The van der Waals surface area contributed by atoms with Gasteiger partial charge in [0, 0.05) is 17.7 Å². The Labute approximate surface area is 243 Å². The van der Waals surface area contributed by atoms with Crippen LogP contribution in [0.15, 0.2) is 39.5 Å². The lowest BCUT2D eigenvalue weighted by Crippen LogP contribution is -2.58. The molecule has 1 aromatic heterocycles. The maximum Gasteiger partial charge on any atom is 0.239 e. The minimum Gasteiger partial charge on any atom is -0.507 e. The van der Waals surface area contributed by atoms with E-state index in [1.807, 2.05) is 0 Å². The van der Waals surface area contributed by atoms with Crippen molar-refractivity contribution in [3.05, 3.63) is 40.6 Å². The van der Waals surface area contributed by atoms with E-state index in [1.165, 1.54) is 45.2 Å². The second-order valence-corrected chi connectivity index (χ2v) is 10.4. The molecule has 15 heteroatoms. The normalized spacial score (nSPS) is 32.9. The maximum atomic E-state index is 13.8. The lowest BCUT2D eigenvalue weighted by Gasteiger charge is -2.39. The molecule has 2 aliphatic rings. The molecule has 3 heterocycles. The molecule has 0 radical (unpaired) electrons. The van der Waals surface area contributed by atoms with Crippen LogP contribution >= 0.6 is 0 Å². The number of aromatic hydroxyl groups is 2. The van der Waals surface area contributed by atoms with Crippen molar-refractivity contribution >= 4 is 11.0 Å². The summed E-state index contributed by atoms with van der Waals surface area (Å²) in [6.07, 6.45) is -14.6. The molecular formula is C28H32O15. The average Bonchev–Trinajstić information content (AvgIpc) is 2.97.